The lowest BCUT2D eigenvalue weighted by molar-refractivity contribution is -0.276. The van der Waals surface area contributed by atoms with Crippen molar-refractivity contribution in [2.45, 2.75) is 77.2 Å². The van der Waals surface area contributed by atoms with E-state index >= 15 is 0 Å². The lowest BCUT2D eigenvalue weighted by Crippen LogP contribution is -2.47. The summed E-state index contributed by atoms with van der Waals surface area (Å²) in [5.41, 5.74) is 3.73. The summed E-state index contributed by atoms with van der Waals surface area (Å²) in [6.07, 6.45) is 6.12. The largest absolute Gasteiger partial charge is 0.465 e. The van der Waals surface area contributed by atoms with Gasteiger partial charge in [0, 0.05) is 37.2 Å². The minimum absolute atomic E-state index is 0.00187. The Kier molecular flexibility index (Phi) is 12.0. The van der Waals surface area contributed by atoms with Crippen LogP contribution < -0.4 is 10.6 Å². The van der Waals surface area contributed by atoms with Gasteiger partial charge < -0.3 is 30.0 Å². The molecule has 2 aromatic carbocycles. The molecule has 2 amide bonds. The van der Waals surface area contributed by atoms with Gasteiger partial charge in [-0.25, -0.2) is 4.79 Å². The Morgan fingerprint density at radius 1 is 1.02 bits per heavy atom. The predicted octanol–water partition coefficient (Wildman–Crippen LogP) is 4.76. The van der Waals surface area contributed by atoms with E-state index in [-0.39, 0.29) is 37.9 Å². The molecule has 1 aliphatic heterocycles. The smallest absolute Gasteiger partial charge is 0.325 e. The number of hydrogen-bond acceptors (Lipinski definition) is 7. The molecule has 0 spiro atoms. The van der Waals surface area contributed by atoms with E-state index in [4.69, 9.17) is 14.2 Å². The van der Waals surface area contributed by atoms with Crippen LogP contribution in [0.5, 0.6) is 0 Å². The van der Waals surface area contributed by atoms with E-state index in [1.807, 2.05) is 54.6 Å². The monoisotopic (exact) mass is 579 g/mol. The Hall–Kier alpha value is -3.24. The number of aliphatic hydroxyl groups is 1. The summed E-state index contributed by atoms with van der Waals surface area (Å²) in [7, 11) is 0. The van der Waals surface area contributed by atoms with Crippen LogP contribution in [0.25, 0.3) is 0 Å². The molecular weight excluding hydrogens is 534 g/mol. The molecular formula is C33H45N3O6. The number of esters is 1. The highest BCUT2D eigenvalue weighted by Crippen LogP contribution is 2.42. The van der Waals surface area contributed by atoms with Gasteiger partial charge in [-0.2, -0.15) is 0 Å². The first-order chi connectivity index (χ1) is 20.4. The number of hydrogen-bond donors (Lipinski definition) is 3. The Balaban J connectivity index is 1.46. The van der Waals surface area contributed by atoms with Crippen LogP contribution in [0.2, 0.25) is 0 Å². The van der Waals surface area contributed by atoms with E-state index in [0.29, 0.717) is 12.6 Å². The summed E-state index contributed by atoms with van der Waals surface area (Å²) in [5.74, 6) is -0.373. The second-order valence-electron chi connectivity index (χ2n) is 11.1. The van der Waals surface area contributed by atoms with Crippen LogP contribution in [0.1, 0.15) is 74.2 Å². The average molecular weight is 580 g/mol. The first-order valence-corrected chi connectivity index (χ1v) is 15.0. The highest BCUT2D eigenvalue weighted by atomic mass is 16.7. The van der Waals surface area contributed by atoms with Gasteiger partial charge in [-0.05, 0) is 36.5 Å². The third-order valence-electron chi connectivity index (χ3n) is 8.15. The van der Waals surface area contributed by atoms with E-state index in [2.05, 4.69) is 29.0 Å². The molecule has 3 N–H and O–H groups in total. The molecule has 4 unspecified atom stereocenters. The van der Waals surface area contributed by atoms with Crippen molar-refractivity contribution in [3.63, 3.8) is 0 Å². The lowest BCUT2D eigenvalue weighted by Gasteiger charge is -2.43. The molecule has 42 heavy (non-hydrogen) atoms. The van der Waals surface area contributed by atoms with Gasteiger partial charge in [-0.15, -0.1) is 6.58 Å². The number of ether oxygens (including phenoxy) is 3. The van der Waals surface area contributed by atoms with Gasteiger partial charge in [-0.1, -0.05) is 74.4 Å². The Morgan fingerprint density at radius 2 is 1.69 bits per heavy atom. The Bertz CT molecular complexity index is 1150. The first kappa shape index (κ1) is 31.7. The van der Waals surface area contributed by atoms with Crippen LogP contribution >= 0.6 is 0 Å². The Labute approximate surface area is 249 Å². The number of nitrogens with zero attached hydrogens (tertiary/aromatic N) is 1. The molecule has 2 aliphatic rings. The molecule has 1 aliphatic carbocycles. The number of amides is 2. The molecule has 0 bridgehead atoms. The number of nitrogens with one attached hydrogen (secondary N) is 2. The van der Waals surface area contributed by atoms with Crippen LogP contribution in [0, 0.1) is 5.92 Å². The van der Waals surface area contributed by atoms with E-state index < -0.39 is 18.3 Å². The molecule has 1 heterocycles. The molecule has 2 aromatic rings. The average Bonchev–Trinajstić information content (AvgIpc) is 3.55. The third kappa shape index (κ3) is 8.64. The fourth-order valence-corrected chi connectivity index (χ4v) is 5.77. The number of benzene rings is 2. The van der Waals surface area contributed by atoms with Crippen molar-refractivity contribution in [3.8, 4) is 0 Å². The van der Waals surface area contributed by atoms with E-state index in [1.54, 1.807) is 6.92 Å². The summed E-state index contributed by atoms with van der Waals surface area (Å²) < 4.78 is 18.1. The van der Waals surface area contributed by atoms with Gasteiger partial charge in [0.15, 0.2) is 6.29 Å². The number of urea groups is 1. The predicted molar refractivity (Wildman–Crippen MR) is 160 cm³/mol. The summed E-state index contributed by atoms with van der Waals surface area (Å²) in [5, 5.41) is 14.8. The minimum Gasteiger partial charge on any atom is -0.465 e. The van der Waals surface area contributed by atoms with Crippen molar-refractivity contribution in [2.24, 2.45) is 5.92 Å². The maximum atomic E-state index is 12.1. The van der Waals surface area contributed by atoms with Gasteiger partial charge in [-0.3, -0.25) is 9.69 Å². The molecule has 9 nitrogen and oxygen atoms in total. The number of carbonyl (C=O) groups excluding carboxylic acids is 2. The fourth-order valence-electron chi connectivity index (χ4n) is 5.77. The maximum absolute atomic E-state index is 12.1. The summed E-state index contributed by atoms with van der Waals surface area (Å²) in [4.78, 5) is 26.0. The molecule has 4 rings (SSSR count). The quantitative estimate of drug-likeness (QED) is 0.232. The Morgan fingerprint density at radius 3 is 2.33 bits per heavy atom. The standard InChI is InChI=1S/C33H45N3O6/c1-4-18-36(28-8-6-7-9-28)21-29-23(3)31(26-14-12-25(22-37)13-15-26)42-32(41-29)27-16-10-24(11-17-27)19-34-33(39)35-20-30(38)40-5-2/h4,10-17,23,28-29,31-32,37H,1,5-9,18-22H2,2-3H3,(H2,34,35,39). The second kappa shape index (κ2) is 15.8. The molecule has 2 fully saturated rings. The van der Waals surface area contributed by atoms with Crippen molar-refractivity contribution in [1.82, 2.24) is 15.5 Å². The SMILES string of the molecule is C=CCN(CC1OC(c2ccc(CNC(=O)NCC(=O)OCC)cc2)OC(c2ccc(CO)cc2)C1C)C1CCCC1. The molecule has 9 heteroatoms. The van der Waals surface area contributed by atoms with Crippen LogP contribution in [0.3, 0.4) is 0 Å². The zero-order chi connectivity index (χ0) is 29.9. The number of carbonyl (C=O) groups is 2. The summed E-state index contributed by atoms with van der Waals surface area (Å²) in [6.45, 7) is 9.94. The minimum atomic E-state index is -0.558. The van der Waals surface area contributed by atoms with Crippen molar-refractivity contribution in [1.29, 1.82) is 0 Å². The van der Waals surface area contributed by atoms with Gasteiger partial charge in [0.1, 0.15) is 6.54 Å². The zero-order valence-electron chi connectivity index (χ0n) is 24.8. The summed E-state index contributed by atoms with van der Waals surface area (Å²) in [6, 6.07) is 15.9. The highest BCUT2D eigenvalue weighted by molar-refractivity contribution is 5.80. The van der Waals surface area contributed by atoms with Gasteiger partial charge in [0.2, 0.25) is 0 Å². The van der Waals surface area contributed by atoms with Gasteiger partial charge in [0.05, 0.1) is 25.4 Å². The van der Waals surface area contributed by atoms with Crippen molar-refractivity contribution < 1.29 is 28.9 Å². The van der Waals surface area contributed by atoms with Crippen molar-refractivity contribution >= 4 is 12.0 Å². The number of rotatable bonds is 13. The van der Waals surface area contributed by atoms with Crippen LogP contribution in [0.4, 0.5) is 4.79 Å². The number of aliphatic hydroxyl groups excluding tert-OH is 1. The molecule has 0 radical (unpaired) electrons. The second-order valence-corrected chi connectivity index (χ2v) is 11.1. The zero-order valence-corrected chi connectivity index (χ0v) is 24.8. The molecule has 0 aromatic heterocycles. The molecule has 4 atom stereocenters. The van der Waals surface area contributed by atoms with E-state index in [0.717, 1.165) is 35.3 Å². The van der Waals surface area contributed by atoms with Crippen LogP contribution in [-0.4, -0.2) is 60.4 Å². The third-order valence-corrected chi connectivity index (χ3v) is 8.15. The molecule has 228 valence electrons. The van der Waals surface area contributed by atoms with Crippen LogP contribution in [0.15, 0.2) is 61.2 Å². The van der Waals surface area contributed by atoms with Crippen molar-refractivity contribution in [3.05, 3.63) is 83.4 Å². The first-order valence-electron chi connectivity index (χ1n) is 15.0. The van der Waals surface area contributed by atoms with Gasteiger partial charge >= 0.3 is 12.0 Å². The fraction of sp³-hybridized carbons (Fsp3) is 0.515. The molecule has 1 saturated carbocycles. The van der Waals surface area contributed by atoms with Crippen molar-refractivity contribution in [2.75, 3.05) is 26.2 Å². The topological polar surface area (TPSA) is 109 Å². The normalized spacial score (nSPS) is 22.6. The van der Waals surface area contributed by atoms with Crippen LogP contribution in [-0.2, 0) is 32.2 Å². The lowest BCUT2D eigenvalue weighted by atomic mass is 9.89. The van der Waals surface area contributed by atoms with Gasteiger partial charge in [0.25, 0.3) is 0 Å². The highest BCUT2D eigenvalue weighted by Gasteiger charge is 2.40. The molecule has 1 saturated heterocycles. The van der Waals surface area contributed by atoms with E-state index in [1.165, 1.54) is 25.7 Å². The maximum Gasteiger partial charge on any atom is 0.325 e. The van der Waals surface area contributed by atoms with E-state index in [9.17, 15) is 14.7 Å². The summed E-state index contributed by atoms with van der Waals surface area (Å²) >= 11 is 0.